The van der Waals surface area contributed by atoms with E-state index < -0.39 is 5.82 Å². The van der Waals surface area contributed by atoms with Gasteiger partial charge in [0, 0.05) is 24.5 Å². The molecule has 1 aromatic rings. The molecule has 0 saturated carbocycles. The van der Waals surface area contributed by atoms with E-state index in [1.807, 2.05) is 0 Å². The second-order valence-electron chi connectivity index (χ2n) is 3.96. The minimum Gasteiger partial charge on any atom is -0.497 e. The Hall–Kier alpha value is -1.91. The minimum atomic E-state index is -0.520. The van der Waals surface area contributed by atoms with Crippen LogP contribution < -0.4 is 4.74 Å². The molecule has 0 N–H and O–H groups in total. The van der Waals surface area contributed by atoms with E-state index in [0.717, 1.165) is 6.07 Å². The van der Waals surface area contributed by atoms with Gasteiger partial charge in [-0.3, -0.25) is 9.59 Å². The lowest BCUT2D eigenvalue weighted by atomic mass is 10.1. The molecule has 0 unspecified atom stereocenters. The maximum atomic E-state index is 13.2. The van der Waals surface area contributed by atoms with Gasteiger partial charge in [-0.1, -0.05) is 0 Å². The summed E-state index contributed by atoms with van der Waals surface area (Å²) in [5.41, 5.74) is 0.251. The Morgan fingerprint density at radius 1 is 1.21 bits per heavy atom. The lowest BCUT2D eigenvalue weighted by Gasteiger charge is -2.05. The Morgan fingerprint density at radius 3 is 2.58 bits per heavy atom. The zero-order valence-electron chi connectivity index (χ0n) is 11.1. The standard InChI is InChI=1S/C14H17FO4/c1-3-19-14(17)6-4-5-13(16)10-7-11(15)9-12(8-10)18-2/h7-9H,3-6H2,1-2H3. The van der Waals surface area contributed by atoms with Gasteiger partial charge in [0.2, 0.25) is 0 Å². The van der Waals surface area contributed by atoms with Crippen molar-refractivity contribution < 1.29 is 23.5 Å². The fourth-order valence-corrected chi connectivity index (χ4v) is 1.61. The topological polar surface area (TPSA) is 52.6 Å². The second-order valence-corrected chi connectivity index (χ2v) is 3.96. The summed E-state index contributed by atoms with van der Waals surface area (Å²) < 4.78 is 22.9. The third kappa shape index (κ3) is 5.07. The monoisotopic (exact) mass is 268 g/mol. The average Bonchev–Trinajstić information content (AvgIpc) is 2.38. The van der Waals surface area contributed by atoms with Crippen LogP contribution in [-0.4, -0.2) is 25.5 Å². The van der Waals surface area contributed by atoms with Crippen molar-refractivity contribution in [3.8, 4) is 5.75 Å². The highest BCUT2D eigenvalue weighted by molar-refractivity contribution is 5.96. The molecule has 0 spiro atoms. The molecule has 0 aliphatic heterocycles. The second kappa shape index (κ2) is 7.51. The highest BCUT2D eigenvalue weighted by Gasteiger charge is 2.11. The number of benzene rings is 1. The van der Waals surface area contributed by atoms with Gasteiger partial charge in [0.15, 0.2) is 5.78 Å². The summed E-state index contributed by atoms with van der Waals surface area (Å²) in [5.74, 6) is -0.768. The fourth-order valence-electron chi connectivity index (χ4n) is 1.61. The normalized spacial score (nSPS) is 10.1. The van der Waals surface area contributed by atoms with Crippen LogP contribution in [0.5, 0.6) is 5.75 Å². The fraction of sp³-hybridized carbons (Fsp3) is 0.429. The average molecular weight is 268 g/mol. The molecule has 0 heterocycles. The van der Waals surface area contributed by atoms with Crippen LogP contribution in [-0.2, 0) is 9.53 Å². The number of halogens is 1. The van der Waals surface area contributed by atoms with Crippen molar-refractivity contribution in [2.24, 2.45) is 0 Å². The van der Waals surface area contributed by atoms with Gasteiger partial charge >= 0.3 is 5.97 Å². The molecule has 0 fully saturated rings. The largest absolute Gasteiger partial charge is 0.497 e. The Bertz CT molecular complexity index is 457. The van der Waals surface area contributed by atoms with Gasteiger partial charge in [0.25, 0.3) is 0 Å². The third-order valence-electron chi connectivity index (χ3n) is 2.52. The number of hydrogen-bond donors (Lipinski definition) is 0. The molecule has 1 rings (SSSR count). The number of carbonyl (C=O) groups excluding carboxylic acids is 2. The van der Waals surface area contributed by atoms with Gasteiger partial charge < -0.3 is 9.47 Å². The first-order chi connectivity index (χ1) is 9.06. The first-order valence-corrected chi connectivity index (χ1v) is 6.10. The number of rotatable bonds is 7. The van der Waals surface area contributed by atoms with Crippen molar-refractivity contribution in [3.05, 3.63) is 29.6 Å². The van der Waals surface area contributed by atoms with Crippen molar-refractivity contribution in [2.45, 2.75) is 26.2 Å². The number of ether oxygens (including phenoxy) is 2. The van der Waals surface area contributed by atoms with Crippen molar-refractivity contribution in [1.82, 2.24) is 0 Å². The van der Waals surface area contributed by atoms with Crippen LogP contribution in [0.4, 0.5) is 4.39 Å². The first-order valence-electron chi connectivity index (χ1n) is 6.10. The predicted octanol–water partition coefficient (Wildman–Crippen LogP) is 2.75. The first kappa shape index (κ1) is 15.1. The Labute approximate surface area is 111 Å². The van der Waals surface area contributed by atoms with Crippen LogP contribution in [0.15, 0.2) is 18.2 Å². The lowest BCUT2D eigenvalue weighted by molar-refractivity contribution is -0.143. The Kier molecular flexibility index (Phi) is 5.99. The smallest absolute Gasteiger partial charge is 0.305 e. The summed E-state index contributed by atoms with van der Waals surface area (Å²) in [7, 11) is 1.41. The molecule has 0 radical (unpaired) electrons. The van der Waals surface area contributed by atoms with E-state index in [4.69, 9.17) is 9.47 Å². The van der Waals surface area contributed by atoms with E-state index in [0.29, 0.717) is 18.8 Å². The number of ketones is 1. The number of methoxy groups -OCH3 is 1. The third-order valence-corrected chi connectivity index (χ3v) is 2.52. The minimum absolute atomic E-state index is 0.172. The van der Waals surface area contributed by atoms with Crippen molar-refractivity contribution in [2.75, 3.05) is 13.7 Å². The molecule has 0 atom stereocenters. The molecule has 0 saturated heterocycles. The number of carbonyl (C=O) groups is 2. The summed E-state index contributed by atoms with van der Waals surface area (Å²) >= 11 is 0. The van der Waals surface area contributed by atoms with Crippen molar-refractivity contribution >= 4 is 11.8 Å². The lowest BCUT2D eigenvalue weighted by Crippen LogP contribution is -2.06. The van der Waals surface area contributed by atoms with Crippen LogP contribution in [0.25, 0.3) is 0 Å². The molecule has 0 amide bonds. The molecular weight excluding hydrogens is 251 g/mol. The van der Waals surface area contributed by atoms with Gasteiger partial charge in [0.1, 0.15) is 11.6 Å². The molecule has 0 aliphatic carbocycles. The SMILES string of the molecule is CCOC(=O)CCCC(=O)c1cc(F)cc(OC)c1. The zero-order chi connectivity index (χ0) is 14.3. The number of esters is 1. The van der Waals surface area contributed by atoms with E-state index in [1.54, 1.807) is 6.92 Å². The molecule has 0 aromatic heterocycles. The molecule has 0 aliphatic rings. The van der Waals surface area contributed by atoms with Crippen LogP contribution in [0.1, 0.15) is 36.5 Å². The van der Waals surface area contributed by atoms with Crippen LogP contribution >= 0.6 is 0 Å². The highest BCUT2D eigenvalue weighted by Crippen LogP contribution is 2.18. The van der Waals surface area contributed by atoms with Gasteiger partial charge in [-0.15, -0.1) is 0 Å². The summed E-state index contributed by atoms with van der Waals surface area (Å²) in [6, 6.07) is 3.85. The van der Waals surface area contributed by atoms with Gasteiger partial charge in [-0.05, 0) is 25.5 Å². The van der Waals surface area contributed by atoms with E-state index >= 15 is 0 Å². The molecule has 4 nitrogen and oxygen atoms in total. The highest BCUT2D eigenvalue weighted by atomic mass is 19.1. The van der Waals surface area contributed by atoms with E-state index in [1.165, 1.54) is 19.2 Å². The molecule has 1 aromatic carbocycles. The molecule has 104 valence electrons. The molecule has 0 bridgehead atoms. The summed E-state index contributed by atoms with van der Waals surface area (Å²) in [5, 5.41) is 0. The predicted molar refractivity (Wildman–Crippen MR) is 67.8 cm³/mol. The molecule has 19 heavy (non-hydrogen) atoms. The number of hydrogen-bond acceptors (Lipinski definition) is 4. The van der Waals surface area contributed by atoms with E-state index in [2.05, 4.69) is 0 Å². The maximum absolute atomic E-state index is 13.2. The van der Waals surface area contributed by atoms with Crippen molar-refractivity contribution in [1.29, 1.82) is 0 Å². The van der Waals surface area contributed by atoms with Gasteiger partial charge in [-0.2, -0.15) is 0 Å². The Morgan fingerprint density at radius 2 is 1.95 bits per heavy atom. The summed E-state index contributed by atoms with van der Waals surface area (Å²) in [4.78, 5) is 22.9. The van der Waals surface area contributed by atoms with Crippen LogP contribution in [0.2, 0.25) is 0 Å². The maximum Gasteiger partial charge on any atom is 0.305 e. The quantitative estimate of drug-likeness (QED) is 0.563. The Balaban J connectivity index is 2.54. The van der Waals surface area contributed by atoms with Gasteiger partial charge in [-0.25, -0.2) is 4.39 Å². The zero-order valence-corrected chi connectivity index (χ0v) is 11.1. The van der Waals surface area contributed by atoms with E-state index in [-0.39, 0.29) is 30.2 Å². The van der Waals surface area contributed by atoms with Gasteiger partial charge in [0.05, 0.1) is 13.7 Å². The molecular formula is C14H17FO4. The summed E-state index contributed by atoms with van der Waals surface area (Å²) in [6.07, 6.45) is 0.744. The van der Waals surface area contributed by atoms with E-state index in [9.17, 15) is 14.0 Å². The van der Waals surface area contributed by atoms with Crippen LogP contribution in [0.3, 0.4) is 0 Å². The molecule has 5 heteroatoms. The summed E-state index contributed by atoms with van der Waals surface area (Å²) in [6.45, 7) is 2.05. The van der Waals surface area contributed by atoms with Crippen molar-refractivity contribution in [3.63, 3.8) is 0 Å². The van der Waals surface area contributed by atoms with Crippen LogP contribution in [0, 0.1) is 5.82 Å². The number of Topliss-reactive ketones (excluding diaryl/α,β-unsaturated/α-hetero) is 1.